The molecule has 1 aliphatic carbocycles. The van der Waals surface area contributed by atoms with Gasteiger partial charge in [0, 0.05) is 22.1 Å². The fraction of sp³-hybridized carbons (Fsp3) is 0.200. The number of nitrogens with zero attached hydrogens (tertiary/aromatic N) is 2. The maximum atomic E-state index is 4.77. The predicted octanol–water partition coefficient (Wildman–Crippen LogP) is 6.22. The minimum atomic E-state index is -0.136. The van der Waals surface area contributed by atoms with Crippen molar-refractivity contribution in [3.63, 3.8) is 0 Å². The first-order valence-electron chi connectivity index (χ1n) is 9.43. The van der Waals surface area contributed by atoms with Crippen LogP contribution in [0.2, 0.25) is 0 Å². The van der Waals surface area contributed by atoms with Crippen molar-refractivity contribution in [1.29, 1.82) is 0 Å². The van der Waals surface area contributed by atoms with Crippen LogP contribution in [-0.2, 0) is 5.41 Å². The van der Waals surface area contributed by atoms with Gasteiger partial charge < -0.3 is 0 Å². The number of aromatic nitrogens is 2. The predicted molar refractivity (Wildman–Crippen MR) is 112 cm³/mol. The van der Waals surface area contributed by atoms with Gasteiger partial charge in [-0.25, -0.2) is 9.97 Å². The van der Waals surface area contributed by atoms with Crippen LogP contribution in [0.25, 0.3) is 33.3 Å². The second kappa shape index (κ2) is 5.50. The molecular weight excluding hydrogens is 328 g/mol. The minimum Gasteiger partial charge on any atom is -0.236 e. The average Bonchev–Trinajstić information content (AvgIpc) is 2.89. The van der Waals surface area contributed by atoms with Crippen LogP contribution < -0.4 is 0 Å². The van der Waals surface area contributed by atoms with Gasteiger partial charge in [-0.2, -0.15) is 0 Å². The molecule has 2 nitrogen and oxygen atoms in total. The topological polar surface area (TPSA) is 25.8 Å². The molecule has 0 aliphatic heterocycles. The number of hydrogen-bond donors (Lipinski definition) is 0. The number of aryl methyl sites for hydroxylation is 2. The van der Waals surface area contributed by atoms with E-state index in [2.05, 4.69) is 82.3 Å². The molecule has 0 amide bonds. The third-order valence-corrected chi connectivity index (χ3v) is 5.81. The Morgan fingerprint density at radius 3 is 2.26 bits per heavy atom. The Bertz CT molecular complexity index is 1200. The van der Waals surface area contributed by atoms with Crippen LogP contribution in [-0.4, -0.2) is 9.97 Å². The first-order valence-corrected chi connectivity index (χ1v) is 9.43. The van der Waals surface area contributed by atoms with Crippen molar-refractivity contribution in [1.82, 2.24) is 9.97 Å². The lowest BCUT2D eigenvalue weighted by Crippen LogP contribution is -2.17. The van der Waals surface area contributed by atoms with Gasteiger partial charge in [-0.15, -0.1) is 0 Å². The lowest BCUT2D eigenvalue weighted by Gasteiger charge is -2.23. The highest BCUT2D eigenvalue weighted by atomic mass is 14.9. The van der Waals surface area contributed by atoms with Gasteiger partial charge in [0.15, 0.2) is 0 Å². The molecule has 0 fully saturated rings. The molecule has 0 radical (unpaired) electrons. The van der Waals surface area contributed by atoms with Crippen molar-refractivity contribution in [2.45, 2.75) is 33.1 Å². The molecule has 0 spiro atoms. The minimum absolute atomic E-state index is 0.136. The summed E-state index contributed by atoms with van der Waals surface area (Å²) in [5.74, 6) is 0. The molecule has 4 aromatic rings. The fourth-order valence-corrected chi connectivity index (χ4v) is 4.68. The normalized spacial score (nSPS) is 14.2. The Hall–Kier alpha value is -3.00. The Labute approximate surface area is 159 Å². The van der Waals surface area contributed by atoms with Crippen LogP contribution in [0.3, 0.4) is 0 Å². The molecule has 0 atom stereocenters. The molecule has 3 aromatic carbocycles. The Morgan fingerprint density at radius 1 is 0.778 bits per heavy atom. The third kappa shape index (κ3) is 2.26. The molecule has 2 heteroatoms. The zero-order chi connectivity index (χ0) is 18.8. The molecular formula is C25H22N2. The molecule has 1 aromatic heterocycles. The molecule has 0 bridgehead atoms. The van der Waals surface area contributed by atoms with Gasteiger partial charge >= 0.3 is 0 Å². The summed E-state index contributed by atoms with van der Waals surface area (Å²) >= 11 is 0. The van der Waals surface area contributed by atoms with Crippen molar-refractivity contribution in [2.24, 2.45) is 0 Å². The van der Waals surface area contributed by atoms with E-state index in [4.69, 9.17) is 9.97 Å². The summed E-state index contributed by atoms with van der Waals surface area (Å²) in [4.78, 5) is 9.52. The summed E-state index contributed by atoms with van der Waals surface area (Å²) in [7, 11) is 0. The standard InChI is InChI=1S/C25H22N2/c1-15-11-16(2)13-18(12-15)23-22-24(27-14-26-23)21-19-8-6-5-7-17(19)9-10-20(21)25(22,3)4/h5-14H,1-4H3. The van der Waals surface area contributed by atoms with Gasteiger partial charge in [0.1, 0.15) is 6.33 Å². The van der Waals surface area contributed by atoms with Crippen LogP contribution in [0.4, 0.5) is 0 Å². The van der Waals surface area contributed by atoms with Crippen molar-refractivity contribution < 1.29 is 0 Å². The first kappa shape index (κ1) is 16.2. The number of rotatable bonds is 1. The van der Waals surface area contributed by atoms with E-state index < -0.39 is 0 Å². The largest absolute Gasteiger partial charge is 0.236 e. The Morgan fingerprint density at radius 2 is 1.48 bits per heavy atom. The van der Waals surface area contributed by atoms with E-state index in [-0.39, 0.29) is 5.41 Å². The highest BCUT2D eigenvalue weighted by Crippen LogP contribution is 2.52. The summed E-state index contributed by atoms with van der Waals surface area (Å²) in [6.07, 6.45) is 1.72. The van der Waals surface area contributed by atoms with E-state index in [1.165, 1.54) is 44.2 Å². The van der Waals surface area contributed by atoms with E-state index in [9.17, 15) is 0 Å². The lowest BCUT2D eigenvalue weighted by molar-refractivity contribution is 0.658. The highest BCUT2D eigenvalue weighted by Gasteiger charge is 2.40. The highest BCUT2D eigenvalue weighted by molar-refractivity contribution is 6.02. The van der Waals surface area contributed by atoms with Gasteiger partial charge in [0.25, 0.3) is 0 Å². The molecule has 5 rings (SSSR count). The second-order valence-electron chi connectivity index (χ2n) is 8.16. The second-order valence-corrected chi connectivity index (χ2v) is 8.16. The van der Waals surface area contributed by atoms with Crippen LogP contribution in [0.1, 0.15) is 36.1 Å². The summed E-state index contributed by atoms with van der Waals surface area (Å²) in [6.45, 7) is 8.88. The maximum Gasteiger partial charge on any atom is 0.116 e. The maximum absolute atomic E-state index is 4.77. The lowest BCUT2D eigenvalue weighted by atomic mass is 9.80. The number of fused-ring (bicyclic) bond motifs is 5. The monoisotopic (exact) mass is 350 g/mol. The third-order valence-electron chi connectivity index (χ3n) is 5.81. The van der Waals surface area contributed by atoms with E-state index in [1.807, 2.05) is 0 Å². The van der Waals surface area contributed by atoms with E-state index >= 15 is 0 Å². The summed E-state index contributed by atoms with van der Waals surface area (Å²) in [5, 5.41) is 2.53. The van der Waals surface area contributed by atoms with Crippen LogP contribution in [0.5, 0.6) is 0 Å². The molecule has 27 heavy (non-hydrogen) atoms. The molecule has 0 saturated heterocycles. The average molecular weight is 350 g/mol. The van der Waals surface area contributed by atoms with Gasteiger partial charge in [-0.05, 0) is 42.3 Å². The zero-order valence-corrected chi connectivity index (χ0v) is 16.2. The molecule has 0 unspecified atom stereocenters. The van der Waals surface area contributed by atoms with Gasteiger partial charge in [0.2, 0.25) is 0 Å². The van der Waals surface area contributed by atoms with Gasteiger partial charge in [-0.3, -0.25) is 0 Å². The molecule has 0 N–H and O–H groups in total. The van der Waals surface area contributed by atoms with Crippen molar-refractivity contribution in [3.05, 3.63) is 83.2 Å². The van der Waals surface area contributed by atoms with E-state index in [0.717, 1.165) is 11.4 Å². The van der Waals surface area contributed by atoms with Crippen LogP contribution in [0, 0.1) is 13.8 Å². The van der Waals surface area contributed by atoms with Gasteiger partial charge in [0.05, 0.1) is 11.4 Å². The fourth-order valence-electron chi connectivity index (χ4n) is 4.68. The summed E-state index contributed by atoms with van der Waals surface area (Å²) in [6, 6.07) is 19.7. The van der Waals surface area contributed by atoms with Crippen molar-refractivity contribution in [3.8, 4) is 22.5 Å². The number of hydrogen-bond acceptors (Lipinski definition) is 2. The summed E-state index contributed by atoms with van der Waals surface area (Å²) < 4.78 is 0. The van der Waals surface area contributed by atoms with E-state index in [0.29, 0.717) is 0 Å². The van der Waals surface area contributed by atoms with Gasteiger partial charge in [-0.1, -0.05) is 67.4 Å². The zero-order valence-electron chi connectivity index (χ0n) is 16.2. The summed E-state index contributed by atoms with van der Waals surface area (Å²) in [5.41, 5.74) is 9.53. The quantitative estimate of drug-likeness (QED) is 0.407. The molecule has 1 heterocycles. The Kier molecular flexibility index (Phi) is 3.30. The SMILES string of the molecule is Cc1cc(C)cc(-c2ncnc3c2C(C)(C)c2ccc4ccccc4c2-3)c1. The number of benzene rings is 3. The molecule has 132 valence electrons. The van der Waals surface area contributed by atoms with Crippen LogP contribution >= 0.6 is 0 Å². The first-order chi connectivity index (χ1) is 13.0. The van der Waals surface area contributed by atoms with Crippen molar-refractivity contribution in [2.75, 3.05) is 0 Å². The molecule has 1 aliphatic rings. The van der Waals surface area contributed by atoms with Crippen LogP contribution in [0.15, 0.2) is 60.9 Å². The smallest absolute Gasteiger partial charge is 0.116 e. The van der Waals surface area contributed by atoms with E-state index in [1.54, 1.807) is 6.33 Å². The molecule has 0 saturated carbocycles. The Balaban J connectivity index is 1.88. The van der Waals surface area contributed by atoms with Crippen molar-refractivity contribution >= 4 is 10.8 Å².